The van der Waals surface area contributed by atoms with Crippen LogP contribution in [0.3, 0.4) is 0 Å². The fourth-order valence-corrected chi connectivity index (χ4v) is 3.65. The topological polar surface area (TPSA) is 99.9 Å². The number of hydrogen-bond donors (Lipinski definition) is 2. The average molecular weight is 402 g/mol. The molecule has 3 rings (SSSR count). The second-order valence-corrected chi connectivity index (χ2v) is 7.21. The minimum Gasteiger partial charge on any atom is -0.478 e. The standard InChI is InChI=1S/C18H14N2O5S2/c21-15(19-12-4-1-3-11(9-12)17(23)24)6-7-20-16(22)14(27-18(20)26)10-13-5-2-8-25-13/h1-5,8-10H,6-7H2,(H,19,21)(H,23,24). The molecule has 2 N–H and O–H groups in total. The maximum absolute atomic E-state index is 12.4. The molecule has 2 aromatic rings. The first-order valence-corrected chi connectivity index (χ1v) is 9.08. The van der Waals surface area contributed by atoms with Gasteiger partial charge in [-0.1, -0.05) is 30.0 Å². The molecule has 2 amide bonds. The summed E-state index contributed by atoms with van der Waals surface area (Å²) in [6.45, 7) is 0.130. The normalized spacial score (nSPS) is 15.4. The van der Waals surface area contributed by atoms with Crippen LogP contribution in [0.25, 0.3) is 6.08 Å². The van der Waals surface area contributed by atoms with Gasteiger partial charge in [0.2, 0.25) is 5.91 Å². The number of carbonyl (C=O) groups excluding carboxylic acids is 2. The quantitative estimate of drug-likeness (QED) is 0.565. The van der Waals surface area contributed by atoms with Crippen molar-refractivity contribution in [2.75, 3.05) is 11.9 Å². The van der Waals surface area contributed by atoms with Crippen molar-refractivity contribution in [3.63, 3.8) is 0 Å². The Morgan fingerprint density at radius 3 is 2.81 bits per heavy atom. The third-order valence-corrected chi connectivity index (χ3v) is 5.02. The molecular weight excluding hydrogens is 388 g/mol. The Kier molecular flexibility index (Phi) is 5.72. The zero-order valence-electron chi connectivity index (χ0n) is 13.9. The fraction of sp³-hybridized carbons (Fsp3) is 0.111. The maximum Gasteiger partial charge on any atom is 0.335 e. The van der Waals surface area contributed by atoms with E-state index in [-0.39, 0.29) is 30.3 Å². The zero-order chi connectivity index (χ0) is 19.4. The van der Waals surface area contributed by atoms with Crippen LogP contribution in [0.5, 0.6) is 0 Å². The Labute approximate surface area is 164 Å². The summed E-state index contributed by atoms with van der Waals surface area (Å²) in [6.07, 6.45) is 3.14. The molecule has 0 atom stereocenters. The molecule has 0 spiro atoms. The van der Waals surface area contributed by atoms with Gasteiger partial charge in [0.1, 0.15) is 10.1 Å². The lowest BCUT2D eigenvalue weighted by Gasteiger charge is -2.14. The number of thiocarbonyl (C=S) groups is 1. The third-order valence-electron chi connectivity index (χ3n) is 3.65. The first-order valence-electron chi connectivity index (χ1n) is 7.86. The summed E-state index contributed by atoms with van der Waals surface area (Å²) >= 11 is 6.37. The van der Waals surface area contributed by atoms with Gasteiger partial charge >= 0.3 is 5.97 Å². The molecule has 138 valence electrons. The lowest BCUT2D eigenvalue weighted by atomic mass is 10.2. The van der Waals surface area contributed by atoms with Crippen LogP contribution in [0, 0.1) is 0 Å². The van der Waals surface area contributed by atoms with Crippen LogP contribution in [0.4, 0.5) is 5.69 Å². The number of carboxylic acids is 1. The first kappa shape index (κ1) is 18.9. The number of anilines is 1. The van der Waals surface area contributed by atoms with E-state index in [0.29, 0.717) is 20.7 Å². The van der Waals surface area contributed by atoms with Gasteiger partial charge in [-0.15, -0.1) is 0 Å². The van der Waals surface area contributed by atoms with E-state index in [4.69, 9.17) is 21.7 Å². The Morgan fingerprint density at radius 1 is 1.30 bits per heavy atom. The molecular formula is C18H14N2O5S2. The number of aromatic carboxylic acids is 1. The zero-order valence-corrected chi connectivity index (χ0v) is 15.5. The highest BCUT2D eigenvalue weighted by Gasteiger charge is 2.32. The molecule has 0 unspecified atom stereocenters. The number of rotatable bonds is 6. The van der Waals surface area contributed by atoms with E-state index in [1.807, 2.05) is 0 Å². The van der Waals surface area contributed by atoms with Crippen molar-refractivity contribution in [3.8, 4) is 0 Å². The molecule has 1 aliphatic rings. The first-order chi connectivity index (χ1) is 12.9. The number of amides is 2. The van der Waals surface area contributed by atoms with Crippen LogP contribution >= 0.6 is 24.0 Å². The maximum atomic E-state index is 12.4. The van der Waals surface area contributed by atoms with Crippen molar-refractivity contribution in [1.82, 2.24) is 4.90 Å². The van der Waals surface area contributed by atoms with Gasteiger partial charge < -0.3 is 14.8 Å². The minimum absolute atomic E-state index is 0.0256. The summed E-state index contributed by atoms with van der Waals surface area (Å²) in [7, 11) is 0. The van der Waals surface area contributed by atoms with Crippen molar-refractivity contribution >= 4 is 57.8 Å². The molecule has 1 aromatic heterocycles. The van der Waals surface area contributed by atoms with E-state index in [1.165, 1.54) is 23.3 Å². The highest BCUT2D eigenvalue weighted by Crippen LogP contribution is 2.32. The van der Waals surface area contributed by atoms with Gasteiger partial charge in [-0.05, 0) is 30.3 Å². The highest BCUT2D eigenvalue weighted by molar-refractivity contribution is 8.26. The van der Waals surface area contributed by atoms with Crippen LogP contribution in [-0.2, 0) is 9.59 Å². The minimum atomic E-state index is -1.08. The van der Waals surface area contributed by atoms with Crippen molar-refractivity contribution in [2.24, 2.45) is 0 Å². The number of carboxylic acid groups (broad SMARTS) is 1. The number of hydrogen-bond acceptors (Lipinski definition) is 6. The van der Waals surface area contributed by atoms with Gasteiger partial charge in [0, 0.05) is 24.7 Å². The van der Waals surface area contributed by atoms with E-state index >= 15 is 0 Å². The van der Waals surface area contributed by atoms with Gasteiger partial charge in [0.25, 0.3) is 5.91 Å². The molecule has 0 saturated carbocycles. The summed E-state index contributed by atoms with van der Waals surface area (Å²) in [5.41, 5.74) is 0.454. The molecule has 9 heteroatoms. The SMILES string of the molecule is O=C(CCN1C(=O)C(=Cc2ccco2)SC1=S)Nc1cccc(C(=O)O)c1. The summed E-state index contributed by atoms with van der Waals surface area (Å²) in [4.78, 5) is 37.3. The molecule has 27 heavy (non-hydrogen) atoms. The van der Waals surface area contributed by atoms with E-state index in [9.17, 15) is 14.4 Å². The van der Waals surface area contributed by atoms with Crippen LogP contribution in [0.1, 0.15) is 22.5 Å². The molecule has 1 aromatic carbocycles. The van der Waals surface area contributed by atoms with Crippen molar-refractivity contribution in [2.45, 2.75) is 6.42 Å². The van der Waals surface area contributed by atoms with E-state index in [2.05, 4.69) is 5.32 Å². The molecule has 1 fully saturated rings. The summed E-state index contributed by atoms with van der Waals surface area (Å²) in [6, 6.07) is 9.38. The molecule has 0 aliphatic carbocycles. The summed E-state index contributed by atoms with van der Waals surface area (Å²) in [5.74, 6) is -1.15. The van der Waals surface area contributed by atoms with Crippen molar-refractivity contribution in [3.05, 3.63) is 58.9 Å². The number of nitrogens with one attached hydrogen (secondary N) is 1. The third kappa shape index (κ3) is 4.63. The Balaban J connectivity index is 1.59. The summed E-state index contributed by atoms with van der Waals surface area (Å²) in [5, 5.41) is 11.6. The predicted molar refractivity (Wildman–Crippen MR) is 105 cm³/mol. The van der Waals surface area contributed by atoms with Crippen LogP contribution in [0.15, 0.2) is 52.0 Å². The number of nitrogens with zero attached hydrogens (tertiary/aromatic N) is 1. The molecule has 2 heterocycles. The second kappa shape index (κ2) is 8.19. The predicted octanol–water partition coefficient (Wildman–Crippen LogP) is 3.21. The Morgan fingerprint density at radius 2 is 2.11 bits per heavy atom. The van der Waals surface area contributed by atoms with E-state index in [1.54, 1.807) is 30.3 Å². The Bertz CT molecular complexity index is 937. The van der Waals surface area contributed by atoms with Gasteiger partial charge in [-0.3, -0.25) is 14.5 Å². The number of thioether (sulfide) groups is 1. The van der Waals surface area contributed by atoms with Gasteiger partial charge in [0.15, 0.2) is 0 Å². The van der Waals surface area contributed by atoms with Crippen LogP contribution in [0.2, 0.25) is 0 Å². The monoisotopic (exact) mass is 402 g/mol. The Hall–Kier alpha value is -2.91. The lowest BCUT2D eigenvalue weighted by molar-refractivity contribution is -0.122. The van der Waals surface area contributed by atoms with Crippen molar-refractivity contribution < 1.29 is 23.9 Å². The molecule has 1 aliphatic heterocycles. The van der Waals surface area contributed by atoms with Gasteiger partial charge in [-0.25, -0.2) is 4.79 Å². The van der Waals surface area contributed by atoms with E-state index in [0.717, 1.165) is 11.8 Å². The van der Waals surface area contributed by atoms with Crippen LogP contribution in [-0.4, -0.2) is 38.7 Å². The molecule has 0 radical (unpaired) electrons. The van der Waals surface area contributed by atoms with Gasteiger partial charge in [0.05, 0.1) is 16.7 Å². The lowest BCUT2D eigenvalue weighted by Crippen LogP contribution is -2.31. The molecule has 0 bridgehead atoms. The number of furan rings is 1. The van der Waals surface area contributed by atoms with E-state index < -0.39 is 5.97 Å². The smallest absolute Gasteiger partial charge is 0.335 e. The highest BCUT2D eigenvalue weighted by atomic mass is 32.2. The van der Waals surface area contributed by atoms with Gasteiger partial charge in [-0.2, -0.15) is 0 Å². The molecule has 1 saturated heterocycles. The van der Waals surface area contributed by atoms with Crippen LogP contribution < -0.4 is 5.32 Å². The number of carbonyl (C=O) groups is 3. The summed E-state index contributed by atoms with van der Waals surface area (Å²) < 4.78 is 5.57. The molecule has 7 nitrogen and oxygen atoms in total. The number of benzene rings is 1. The fourth-order valence-electron chi connectivity index (χ4n) is 2.36. The average Bonchev–Trinajstić information content (AvgIpc) is 3.23. The second-order valence-electron chi connectivity index (χ2n) is 5.53. The largest absolute Gasteiger partial charge is 0.478 e. The van der Waals surface area contributed by atoms with Crippen molar-refractivity contribution in [1.29, 1.82) is 0 Å².